The summed E-state index contributed by atoms with van der Waals surface area (Å²) in [5.41, 5.74) is 0.113. The van der Waals surface area contributed by atoms with E-state index in [0.717, 1.165) is 0 Å². The number of hydrogen-bond donors (Lipinski definition) is 3. The number of thiazole rings is 1. The van der Waals surface area contributed by atoms with Crippen molar-refractivity contribution in [2.75, 3.05) is 19.0 Å². The van der Waals surface area contributed by atoms with Crippen LogP contribution >= 0.6 is 11.3 Å². The zero-order chi connectivity index (χ0) is 20.1. The molecule has 3 aromatic rings. The lowest BCUT2D eigenvalue weighted by Gasteiger charge is -2.15. The lowest BCUT2D eigenvalue weighted by Crippen LogP contribution is -2.46. The smallest absolute Gasteiger partial charge is 0.336 e. The van der Waals surface area contributed by atoms with Crippen molar-refractivity contribution >= 4 is 39.3 Å². The van der Waals surface area contributed by atoms with Crippen LogP contribution in [-0.2, 0) is 16.0 Å². The summed E-state index contributed by atoms with van der Waals surface area (Å²) in [6.07, 6.45) is 1.35. The number of nitrogens with zero attached hydrogens (tertiary/aromatic N) is 1. The topological polar surface area (TPSA) is 131 Å². The molecule has 1 atom stereocenters. The van der Waals surface area contributed by atoms with Crippen LogP contribution in [0.1, 0.15) is 5.56 Å². The Bertz CT molecular complexity index is 1050. The highest BCUT2D eigenvalue weighted by Crippen LogP contribution is 2.22. The summed E-state index contributed by atoms with van der Waals surface area (Å²) in [6.45, 7) is -0.585. The molecule has 0 saturated heterocycles. The zero-order valence-corrected chi connectivity index (χ0v) is 15.6. The summed E-state index contributed by atoms with van der Waals surface area (Å²) >= 11 is 1.21. The molecule has 3 N–H and O–H groups in total. The van der Waals surface area contributed by atoms with Gasteiger partial charge >= 0.3 is 5.63 Å². The van der Waals surface area contributed by atoms with Crippen LogP contribution in [0, 0.1) is 0 Å². The van der Waals surface area contributed by atoms with Gasteiger partial charge in [0, 0.05) is 29.1 Å². The highest BCUT2D eigenvalue weighted by molar-refractivity contribution is 7.13. The molecule has 2 heterocycles. The first-order valence-corrected chi connectivity index (χ1v) is 9.09. The quantitative estimate of drug-likeness (QED) is 0.500. The summed E-state index contributed by atoms with van der Waals surface area (Å²) < 4.78 is 10.3. The average molecular weight is 403 g/mol. The molecule has 1 unspecified atom stereocenters. The lowest BCUT2D eigenvalue weighted by molar-refractivity contribution is -0.126. The number of aromatic nitrogens is 1. The van der Waals surface area contributed by atoms with E-state index in [-0.39, 0.29) is 12.0 Å². The number of carbonyl (C=O) groups is 2. The van der Waals surface area contributed by atoms with Crippen molar-refractivity contribution in [2.24, 2.45) is 0 Å². The van der Waals surface area contributed by atoms with E-state index in [1.807, 2.05) is 0 Å². The average Bonchev–Trinajstić information content (AvgIpc) is 3.18. The molecule has 0 aliphatic rings. The van der Waals surface area contributed by atoms with Crippen LogP contribution in [0.5, 0.6) is 5.75 Å². The maximum absolute atomic E-state index is 12.4. The molecule has 2 amide bonds. The van der Waals surface area contributed by atoms with Gasteiger partial charge in [-0.3, -0.25) is 9.59 Å². The number of methoxy groups -OCH3 is 1. The van der Waals surface area contributed by atoms with Crippen LogP contribution in [0.2, 0.25) is 0 Å². The second-order valence-corrected chi connectivity index (χ2v) is 6.65. The van der Waals surface area contributed by atoms with E-state index in [1.54, 1.807) is 23.6 Å². The van der Waals surface area contributed by atoms with E-state index >= 15 is 0 Å². The highest BCUT2D eigenvalue weighted by Gasteiger charge is 2.21. The molecular formula is C18H17N3O6S. The second-order valence-electron chi connectivity index (χ2n) is 5.76. The second kappa shape index (κ2) is 8.63. The Morgan fingerprint density at radius 3 is 2.86 bits per heavy atom. The van der Waals surface area contributed by atoms with Gasteiger partial charge in [-0.2, -0.15) is 0 Å². The first-order chi connectivity index (χ1) is 13.5. The number of anilines is 1. The van der Waals surface area contributed by atoms with Crippen LogP contribution in [0.25, 0.3) is 11.0 Å². The molecule has 0 bridgehead atoms. The van der Waals surface area contributed by atoms with Gasteiger partial charge in [0.25, 0.3) is 5.91 Å². The minimum atomic E-state index is -1.15. The Balaban J connectivity index is 1.74. The van der Waals surface area contributed by atoms with Gasteiger partial charge in [-0.05, 0) is 17.7 Å². The fraction of sp³-hybridized carbons (Fsp3) is 0.222. The van der Waals surface area contributed by atoms with Crippen LogP contribution in [-0.4, -0.2) is 41.7 Å². The predicted molar refractivity (Wildman–Crippen MR) is 103 cm³/mol. The Kier molecular flexibility index (Phi) is 6.02. The van der Waals surface area contributed by atoms with Gasteiger partial charge in [0.15, 0.2) is 5.13 Å². The van der Waals surface area contributed by atoms with E-state index in [1.165, 1.54) is 30.7 Å². The number of aliphatic hydroxyl groups excluding tert-OH is 1. The van der Waals surface area contributed by atoms with Crippen molar-refractivity contribution in [2.45, 2.75) is 12.5 Å². The third kappa shape index (κ3) is 4.53. The molecule has 2 aromatic heterocycles. The van der Waals surface area contributed by atoms with Crippen LogP contribution in [0.4, 0.5) is 5.13 Å². The maximum Gasteiger partial charge on any atom is 0.336 e. The molecular weight excluding hydrogens is 386 g/mol. The van der Waals surface area contributed by atoms with Crippen molar-refractivity contribution in [3.63, 3.8) is 0 Å². The minimum Gasteiger partial charge on any atom is -0.497 e. The fourth-order valence-electron chi connectivity index (χ4n) is 2.57. The van der Waals surface area contributed by atoms with Gasteiger partial charge < -0.3 is 24.9 Å². The minimum absolute atomic E-state index is 0.171. The maximum atomic E-state index is 12.4. The Hall–Kier alpha value is -3.24. The summed E-state index contributed by atoms with van der Waals surface area (Å²) in [4.78, 5) is 40.3. The molecule has 1 aromatic carbocycles. The number of hydrogen-bond acceptors (Lipinski definition) is 8. The number of aliphatic hydroxyl groups is 1. The largest absolute Gasteiger partial charge is 0.497 e. The van der Waals surface area contributed by atoms with E-state index < -0.39 is 30.1 Å². The van der Waals surface area contributed by atoms with Crippen LogP contribution in [0.3, 0.4) is 0 Å². The third-order valence-corrected chi connectivity index (χ3v) is 4.57. The van der Waals surface area contributed by atoms with Gasteiger partial charge in [0.2, 0.25) is 5.91 Å². The Morgan fingerprint density at radius 2 is 2.18 bits per heavy atom. The van der Waals surface area contributed by atoms with Gasteiger partial charge in [-0.25, -0.2) is 9.78 Å². The van der Waals surface area contributed by atoms with Crippen molar-refractivity contribution < 1.29 is 23.8 Å². The Labute approximate surface area is 163 Å². The number of amides is 2. The first kappa shape index (κ1) is 19.5. The summed E-state index contributed by atoms with van der Waals surface area (Å²) in [6, 6.07) is 4.98. The molecule has 0 fully saturated rings. The van der Waals surface area contributed by atoms with E-state index in [0.29, 0.717) is 21.8 Å². The third-order valence-electron chi connectivity index (χ3n) is 3.89. The van der Waals surface area contributed by atoms with Gasteiger partial charge in [0.05, 0.1) is 20.1 Å². The van der Waals surface area contributed by atoms with Crippen LogP contribution in [0.15, 0.2) is 45.1 Å². The lowest BCUT2D eigenvalue weighted by atomic mass is 10.1. The first-order valence-electron chi connectivity index (χ1n) is 8.21. The standard InChI is InChI=1S/C18H17N3O6S/c1-26-11-2-3-12-10(7-16(24)27-14(12)8-11)6-15(23)20-13(9-22)17(25)21-18-19-4-5-28-18/h2-5,7-8,13,22H,6,9H2,1H3,(H,20,23)(H,19,21,25). The van der Waals surface area contributed by atoms with Crippen molar-refractivity contribution in [3.05, 3.63) is 51.8 Å². The van der Waals surface area contributed by atoms with E-state index in [4.69, 9.17) is 9.15 Å². The van der Waals surface area contributed by atoms with Gasteiger partial charge in [-0.15, -0.1) is 11.3 Å². The molecule has 10 heteroatoms. The molecule has 0 saturated carbocycles. The van der Waals surface area contributed by atoms with Gasteiger partial charge in [0.1, 0.15) is 17.4 Å². The Morgan fingerprint density at radius 1 is 1.36 bits per heavy atom. The van der Waals surface area contributed by atoms with Crippen LogP contribution < -0.4 is 21.0 Å². The zero-order valence-electron chi connectivity index (χ0n) is 14.8. The molecule has 0 aliphatic heterocycles. The number of nitrogens with one attached hydrogen (secondary N) is 2. The van der Waals surface area contributed by atoms with Crippen molar-refractivity contribution in [3.8, 4) is 5.75 Å². The molecule has 3 rings (SSSR count). The number of ether oxygens (including phenoxy) is 1. The van der Waals surface area contributed by atoms with E-state index in [9.17, 15) is 19.5 Å². The number of rotatable bonds is 7. The summed E-state index contributed by atoms with van der Waals surface area (Å²) in [5.74, 6) is -0.611. The van der Waals surface area contributed by atoms with Crippen molar-refractivity contribution in [1.29, 1.82) is 0 Å². The molecule has 146 valence electrons. The van der Waals surface area contributed by atoms with Crippen molar-refractivity contribution in [1.82, 2.24) is 10.3 Å². The molecule has 28 heavy (non-hydrogen) atoms. The fourth-order valence-corrected chi connectivity index (χ4v) is 3.11. The number of carbonyl (C=O) groups excluding carboxylic acids is 2. The number of fused-ring (bicyclic) bond motifs is 1. The SMILES string of the molecule is COc1ccc2c(CC(=O)NC(CO)C(=O)Nc3nccs3)cc(=O)oc2c1. The predicted octanol–water partition coefficient (Wildman–Crippen LogP) is 0.916. The normalized spacial score (nSPS) is 11.8. The molecule has 0 aliphatic carbocycles. The van der Waals surface area contributed by atoms with Gasteiger partial charge in [-0.1, -0.05) is 0 Å². The van der Waals surface area contributed by atoms with E-state index in [2.05, 4.69) is 15.6 Å². The summed E-state index contributed by atoms with van der Waals surface area (Å²) in [5, 5.41) is 17.0. The summed E-state index contributed by atoms with van der Waals surface area (Å²) in [7, 11) is 1.49. The molecule has 0 radical (unpaired) electrons. The highest BCUT2D eigenvalue weighted by atomic mass is 32.1. The monoisotopic (exact) mass is 403 g/mol. The molecule has 9 nitrogen and oxygen atoms in total. The molecule has 0 spiro atoms. The number of benzene rings is 1.